The van der Waals surface area contributed by atoms with Crippen molar-refractivity contribution in [2.45, 2.75) is 38.4 Å². The molecule has 0 heterocycles. The first-order chi connectivity index (χ1) is 8.57. The molecule has 3 N–H and O–H groups in total. The molecule has 0 atom stereocenters. The van der Waals surface area contributed by atoms with E-state index in [9.17, 15) is 13.2 Å². The zero-order chi connectivity index (χ0) is 14.8. The van der Waals surface area contributed by atoms with Gasteiger partial charge in [0.1, 0.15) is 0 Å². The molecule has 0 radical (unpaired) electrons. The number of amides is 1. The second kappa shape index (κ2) is 5.21. The first-order valence-corrected chi connectivity index (χ1v) is 7.54. The van der Waals surface area contributed by atoms with Gasteiger partial charge in [-0.25, -0.2) is 8.42 Å². The van der Waals surface area contributed by atoms with Gasteiger partial charge in [-0.1, -0.05) is 12.1 Å². The van der Waals surface area contributed by atoms with Crippen molar-refractivity contribution in [3.8, 4) is 0 Å². The van der Waals surface area contributed by atoms with Gasteiger partial charge in [-0.05, 0) is 45.4 Å². The SMILES string of the molecule is CC(C)S(=O)(=O)NC(=O)C(C)(C)c1ccc(N)cc1. The molecular formula is C13H20N2O3S. The summed E-state index contributed by atoms with van der Waals surface area (Å²) in [7, 11) is -3.62. The summed E-state index contributed by atoms with van der Waals surface area (Å²) >= 11 is 0. The lowest BCUT2D eigenvalue weighted by Crippen LogP contribution is -2.45. The number of carbonyl (C=O) groups is 1. The number of nitrogens with two attached hydrogens (primary N) is 1. The average molecular weight is 284 g/mol. The Morgan fingerprint density at radius 2 is 1.68 bits per heavy atom. The fourth-order valence-electron chi connectivity index (χ4n) is 1.41. The minimum absolute atomic E-state index is 0.550. The Morgan fingerprint density at radius 1 is 1.21 bits per heavy atom. The molecule has 0 aliphatic heterocycles. The summed E-state index contributed by atoms with van der Waals surface area (Å²) in [6.45, 7) is 6.38. The maximum atomic E-state index is 12.1. The van der Waals surface area contributed by atoms with E-state index in [4.69, 9.17) is 5.73 Å². The smallest absolute Gasteiger partial charge is 0.243 e. The summed E-state index contributed by atoms with van der Waals surface area (Å²) in [5, 5.41) is -0.654. The molecule has 1 aromatic carbocycles. The van der Waals surface area contributed by atoms with Crippen molar-refractivity contribution in [3.63, 3.8) is 0 Å². The number of carbonyl (C=O) groups excluding carboxylic acids is 1. The summed E-state index contributed by atoms with van der Waals surface area (Å²) in [5.41, 5.74) is 5.94. The zero-order valence-electron chi connectivity index (χ0n) is 11.6. The third-order valence-corrected chi connectivity index (χ3v) is 4.77. The summed E-state index contributed by atoms with van der Waals surface area (Å²) in [4.78, 5) is 12.1. The maximum Gasteiger partial charge on any atom is 0.243 e. The molecular weight excluding hydrogens is 264 g/mol. The van der Waals surface area contributed by atoms with Crippen LogP contribution in [0.3, 0.4) is 0 Å². The van der Waals surface area contributed by atoms with Crippen LogP contribution in [-0.4, -0.2) is 19.6 Å². The van der Waals surface area contributed by atoms with Gasteiger partial charge in [-0.3, -0.25) is 9.52 Å². The number of rotatable bonds is 4. The number of sulfonamides is 1. The molecule has 1 amide bonds. The maximum absolute atomic E-state index is 12.1. The molecule has 0 saturated heterocycles. The molecule has 1 rings (SSSR count). The minimum atomic E-state index is -3.62. The number of benzene rings is 1. The third kappa shape index (κ3) is 3.47. The Hall–Kier alpha value is -1.56. The van der Waals surface area contributed by atoms with E-state index < -0.39 is 26.6 Å². The van der Waals surface area contributed by atoms with Gasteiger partial charge in [0.25, 0.3) is 0 Å². The number of nitrogen functional groups attached to an aromatic ring is 1. The first-order valence-electron chi connectivity index (χ1n) is 5.99. The summed E-state index contributed by atoms with van der Waals surface area (Å²) in [6, 6.07) is 6.80. The van der Waals surface area contributed by atoms with Crippen LogP contribution >= 0.6 is 0 Å². The van der Waals surface area contributed by atoms with Crippen LogP contribution in [0.1, 0.15) is 33.3 Å². The Kier molecular flexibility index (Phi) is 4.25. The Morgan fingerprint density at radius 3 is 2.11 bits per heavy atom. The van der Waals surface area contributed by atoms with Crippen LogP contribution < -0.4 is 10.5 Å². The number of anilines is 1. The highest BCUT2D eigenvalue weighted by atomic mass is 32.2. The van der Waals surface area contributed by atoms with Gasteiger partial charge in [0.2, 0.25) is 15.9 Å². The zero-order valence-corrected chi connectivity index (χ0v) is 12.4. The normalized spacial score (nSPS) is 12.5. The van der Waals surface area contributed by atoms with Crippen molar-refractivity contribution < 1.29 is 13.2 Å². The lowest BCUT2D eigenvalue weighted by atomic mass is 9.84. The van der Waals surface area contributed by atoms with Crippen molar-refractivity contribution >= 4 is 21.6 Å². The van der Waals surface area contributed by atoms with Gasteiger partial charge >= 0.3 is 0 Å². The predicted molar refractivity (Wildman–Crippen MR) is 76.1 cm³/mol. The Bertz CT molecular complexity index is 560. The average Bonchev–Trinajstić information content (AvgIpc) is 2.28. The summed E-state index contributed by atoms with van der Waals surface area (Å²) in [5.74, 6) is -0.550. The number of nitrogens with one attached hydrogen (secondary N) is 1. The van der Waals surface area contributed by atoms with Crippen molar-refractivity contribution in [2.75, 3.05) is 5.73 Å². The van der Waals surface area contributed by atoms with Gasteiger partial charge in [0, 0.05) is 5.69 Å². The third-order valence-electron chi connectivity index (χ3n) is 3.06. The van der Waals surface area contributed by atoms with Gasteiger partial charge in [-0.2, -0.15) is 0 Å². The quantitative estimate of drug-likeness (QED) is 0.818. The van der Waals surface area contributed by atoms with Crippen molar-refractivity contribution in [3.05, 3.63) is 29.8 Å². The molecule has 0 spiro atoms. The highest BCUT2D eigenvalue weighted by Crippen LogP contribution is 2.24. The molecule has 0 saturated carbocycles. The summed E-state index contributed by atoms with van der Waals surface area (Å²) in [6.07, 6.45) is 0. The Labute approximate surface area is 114 Å². The van der Waals surface area contributed by atoms with Gasteiger partial charge < -0.3 is 5.73 Å². The number of hydrogen-bond donors (Lipinski definition) is 2. The van der Waals surface area contributed by atoms with Crippen molar-refractivity contribution in [1.29, 1.82) is 0 Å². The largest absolute Gasteiger partial charge is 0.399 e. The topological polar surface area (TPSA) is 89.3 Å². The fraction of sp³-hybridized carbons (Fsp3) is 0.462. The minimum Gasteiger partial charge on any atom is -0.399 e. The van der Waals surface area contributed by atoms with E-state index in [-0.39, 0.29) is 0 Å². The monoisotopic (exact) mass is 284 g/mol. The van der Waals surface area contributed by atoms with Crippen LogP contribution in [0.5, 0.6) is 0 Å². The van der Waals surface area contributed by atoms with Crippen LogP contribution in [-0.2, 0) is 20.2 Å². The van der Waals surface area contributed by atoms with Crippen LogP contribution in [0.4, 0.5) is 5.69 Å². The van der Waals surface area contributed by atoms with E-state index >= 15 is 0 Å². The van der Waals surface area contributed by atoms with E-state index in [0.717, 1.165) is 0 Å². The molecule has 0 aromatic heterocycles. The first kappa shape index (κ1) is 15.5. The molecule has 1 aromatic rings. The molecule has 19 heavy (non-hydrogen) atoms. The fourth-order valence-corrected chi connectivity index (χ4v) is 2.15. The molecule has 106 valence electrons. The predicted octanol–water partition coefficient (Wildman–Crippen LogP) is 1.40. The van der Waals surface area contributed by atoms with E-state index in [1.165, 1.54) is 13.8 Å². The van der Waals surface area contributed by atoms with Crippen molar-refractivity contribution in [2.24, 2.45) is 0 Å². The Balaban J connectivity index is 3.01. The lowest BCUT2D eigenvalue weighted by Gasteiger charge is -2.24. The molecule has 0 bridgehead atoms. The molecule has 0 unspecified atom stereocenters. The second-order valence-electron chi connectivity index (χ2n) is 5.27. The van der Waals surface area contributed by atoms with Gasteiger partial charge in [0.15, 0.2) is 0 Å². The molecule has 0 aliphatic carbocycles. The molecule has 0 fully saturated rings. The van der Waals surface area contributed by atoms with E-state index in [0.29, 0.717) is 11.3 Å². The lowest BCUT2D eigenvalue weighted by molar-refractivity contribution is -0.123. The standard InChI is InChI=1S/C13H20N2O3S/c1-9(2)19(17,18)15-12(16)13(3,4)10-5-7-11(14)8-6-10/h5-9H,14H2,1-4H3,(H,15,16). The van der Waals surface area contributed by atoms with E-state index in [1.807, 2.05) is 0 Å². The van der Waals surface area contributed by atoms with Gasteiger partial charge in [0.05, 0.1) is 10.7 Å². The van der Waals surface area contributed by atoms with Crippen molar-refractivity contribution in [1.82, 2.24) is 4.72 Å². The van der Waals surface area contributed by atoms with Crippen LogP contribution in [0.25, 0.3) is 0 Å². The van der Waals surface area contributed by atoms with E-state index in [1.54, 1.807) is 38.1 Å². The molecule has 5 nitrogen and oxygen atoms in total. The van der Waals surface area contributed by atoms with Crippen LogP contribution in [0.15, 0.2) is 24.3 Å². The van der Waals surface area contributed by atoms with Crippen LogP contribution in [0, 0.1) is 0 Å². The van der Waals surface area contributed by atoms with E-state index in [2.05, 4.69) is 4.72 Å². The van der Waals surface area contributed by atoms with Gasteiger partial charge in [-0.15, -0.1) is 0 Å². The molecule has 0 aliphatic rings. The number of hydrogen-bond acceptors (Lipinski definition) is 4. The van der Waals surface area contributed by atoms with Crippen LogP contribution in [0.2, 0.25) is 0 Å². The second-order valence-corrected chi connectivity index (χ2v) is 7.51. The molecule has 6 heteroatoms. The highest BCUT2D eigenvalue weighted by molar-refractivity contribution is 7.90. The summed E-state index contributed by atoms with van der Waals surface area (Å²) < 4.78 is 25.6. The highest BCUT2D eigenvalue weighted by Gasteiger charge is 2.33.